The van der Waals surface area contributed by atoms with Crippen molar-refractivity contribution < 1.29 is 4.79 Å². The Morgan fingerprint density at radius 3 is 2.71 bits per heavy atom. The van der Waals surface area contributed by atoms with Gasteiger partial charge >= 0.3 is 5.69 Å². The molecule has 3 heterocycles. The van der Waals surface area contributed by atoms with Gasteiger partial charge in [-0.1, -0.05) is 27.7 Å². The number of nitriles is 1. The topological polar surface area (TPSA) is 143 Å². The number of hydrogen-bond donors (Lipinski definition) is 4. The van der Waals surface area contributed by atoms with Crippen LogP contribution < -0.4 is 16.3 Å². The second-order valence-electron chi connectivity index (χ2n) is 11.3. The average molecular weight is 469 g/mol. The van der Waals surface area contributed by atoms with Gasteiger partial charge in [0, 0.05) is 19.1 Å². The van der Waals surface area contributed by atoms with Crippen molar-refractivity contribution in [2.24, 2.45) is 11.3 Å². The Hall–Kier alpha value is -2.93. The Kier molecular flexibility index (Phi) is 6.67. The first-order chi connectivity index (χ1) is 16.1. The monoisotopic (exact) mass is 468 g/mol. The highest BCUT2D eigenvalue weighted by molar-refractivity contribution is 5.89. The number of nitrogens with one attached hydrogen (secondary N) is 4. The van der Waals surface area contributed by atoms with Crippen LogP contribution in [0.5, 0.6) is 0 Å². The Morgan fingerprint density at radius 2 is 2.03 bits per heavy atom. The minimum absolute atomic E-state index is 0.160. The number of fused-ring (bicyclic) bond motifs is 1. The van der Waals surface area contributed by atoms with Crippen LogP contribution in [-0.2, 0) is 4.79 Å². The number of rotatable bonds is 6. The van der Waals surface area contributed by atoms with Gasteiger partial charge in [0.15, 0.2) is 11.5 Å². The molecule has 1 saturated carbocycles. The molecule has 2 aromatic rings. The predicted molar refractivity (Wildman–Crippen MR) is 130 cm³/mol. The summed E-state index contributed by atoms with van der Waals surface area (Å²) < 4.78 is 0. The van der Waals surface area contributed by atoms with Crippen LogP contribution >= 0.6 is 0 Å². The number of imidazole rings is 1. The number of likely N-dealkylation sites (tertiary alicyclic amines) is 1. The first-order valence-electron chi connectivity index (χ1n) is 12.2. The van der Waals surface area contributed by atoms with Gasteiger partial charge in [-0.05, 0) is 49.9 Å². The van der Waals surface area contributed by atoms with E-state index in [4.69, 9.17) is 0 Å². The van der Waals surface area contributed by atoms with Gasteiger partial charge in [0.05, 0.1) is 6.07 Å². The highest BCUT2D eigenvalue weighted by atomic mass is 16.2. The summed E-state index contributed by atoms with van der Waals surface area (Å²) in [6, 6.07) is 2.28. The van der Waals surface area contributed by atoms with Crippen LogP contribution in [0.3, 0.4) is 0 Å². The van der Waals surface area contributed by atoms with Crippen molar-refractivity contribution in [2.75, 3.05) is 18.4 Å². The lowest BCUT2D eigenvalue weighted by Gasteiger charge is -2.34. The lowest BCUT2D eigenvalue weighted by atomic mass is 9.86. The second kappa shape index (κ2) is 9.37. The van der Waals surface area contributed by atoms with Gasteiger partial charge in [-0.2, -0.15) is 5.26 Å². The van der Waals surface area contributed by atoms with Crippen molar-refractivity contribution in [1.29, 1.82) is 5.26 Å². The number of H-pyrrole nitrogens is 2. The molecule has 4 rings (SSSR count). The molecule has 2 aromatic heterocycles. The molecule has 2 unspecified atom stereocenters. The number of hydrogen-bond acceptors (Lipinski definition) is 7. The number of amides is 1. The quantitative estimate of drug-likeness (QED) is 0.510. The fourth-order valence-corrected chi connectivity index (χ4v) is 5.25. The molecule has 0 bridgehead atoms. The molecule has 1 amide bonds. The molecule has 0 spiro atoms. The zero-order valence-electron chi connectivity index (χ0n) is 20.6. The van der Waals surface area contributed by atoms with E-state index >= 15 is 0 Å². The number of carbonyl (C=O) groups excluding carboxylic acids is 1. The SMILES string of the molecule is CC1CCC(N2CCC(C#N)(NC(=O)C(CC(C)(C)C)Nc3ncnc4[nH]c(=O)[nH]c34)C2)CC1. The van der Waals surface area contributed by atoms with Crippen LogP contribution in [-0.4, -0.2) is 61.5 Å². The maximum absolute atomic E-state index is 13.5. The molecule has 10 nitrogen and oxygen atoms in total. The molecule has 2 fully saturated rings. The van der Waals surface area contributed by atoms with Crippen molar-refractivity contribution in [2.45, 2.75) is 83.8 Å². The van der Waals surface area contributed by atoms with Gasteiger partial charge in [0.25, 0.3) is 0 Å². The van der Waals surface area contributed by atoms with Crippen LogP contribution in [0.15, 0.2) is 11.1 Å². The summed E-state index contributed by atoms with van der Waals surface area (Å²) in [6.07, 6.45) is 7.24. The van der Waals surface area contributed by atoms with E-state index in [1.165, 1.54) is 19.2 Å². The first kappa shape index (κ1) is 24.2. The van der Waals surface area contributed by atoms with Crippen LogP contribution in [0.2, 0.25) is 0 Å². The number of aromatic nitrogens is 4. The Bertz CT molecular complexity index is 1120. The van der Waals surface area contributed by atoms with E-state index < -0.39 is 11.6 Å². The molecule has 1 aliphatic carbocycles. The van der Waals surface area contributed by atoms with Crippen LogP contribution in [0.1, 0.15) is 66.2 Å². The van der Waals surface area contributed by atoms with E-state index in [1.54, 1.807) is 0 Å². The summed E-state index contributed by atoms with van der Waals surface area (Å²) in [6.45, 7) is 9.86. The molecule has 2 atom stereocenters. The van der Waals surface area contributed by atoms with Gasteiger partial charge in [-0.25, -0.2) is 14.8 Å². The van der Waals surface area contributed by atoms with Crippen molar-refractivity contribution in [3.63, 3.8) is 0 Å². The third-order valence-corrected chi connectivity index (χ3v) is 7.14. The summed E-state index contributed by atoms with van der Waals surface area (Å²) in [5.41, 5.74) is -0.650. The lowest BCUT2D eigenvalue weighted by molar-refractivity contribution is -0.123. The fourth-order valence-electron chi connectivity index (χ4n) is 5.25. The number of nitrogens with zero attached hydrogens (tertiary/aromatic N) is 4. The summed E-state index contributed by atoms with van der Waals surface area (Å²) >= 11 is 0. The standard InChI is InChI=1S/C24H36N8O2/c1-15-5-7-16(8-6-15)32-10-9-24(12-25,13-32)31-21(33)17(11-23(2,3)4)28-19-18-20(27-14-26-19)30-22(34)29-18/h14-17H,5-11,13H2,1-4H3,(H,31,33)(H3,26,27,28,29,30,34). The Labute approximate surface area is 199 Å². The second-order valence-corrected chi connectivity index (χ2v) is 11.3. The molecular weight excluding hydrogens is 432 g/mol. The van der Waals surface area contributed by atoms with Crippen molar-refractivity contribution in [3.05, 3.63) is 16.8 Å². The molecule has 34 heavy (non-hydrogen) atoms. The molecule has 2 aliphatic rings. The molecule has 4 N–H and O–H groups in total. The summed E-state index contributed by atoms with van der Waals surface area (Å²) in [5.74, 6) is 0.912. The van der Waals surface area contributed by atoms with Crippen LogP contribution in [0.4, 0.5) is 5.82 Å². The predicted octanol–water partition coefficient (Wildman–Crippen LogP) is 2.53. The highest BCUT2D eigenvalue weighted by Crippen LogP contribution is 2.32. The van der Waals surface area contributed by atoms with Crippen molar-refractivity contribution in [1.82, 2.24) is 30.2 Å². The molecule has 1 aliphatic heterocycles. The highest BCUT2D eigenvalue weighted by Gasteiger charge is 2.43. The van der Waals surface area contributed by atoms with Gasteiger partial charge in [-0.15, -0.1) is 0 Å². The Balaban J connectivity index is 1.51. The summed E-state index contributed by atoms with van der Waals surface area (Å²) in [5, 5.41) is 16.4. The van der Waals surface area contributed by atoms with E-state index in [1.807, 2.05) is 0 Å². The molecule has 10 heteroatoms. The molecule has 0 aromatic carbocycles. The third kappa shape index (κ3) is 5.41. The van der Waals surface area contributed by atoms with Gasteiger partial charge in [0.2, 0.25) is 5.91 Å². The number of anilines is 1. The molecule has 1 saturated heterocycles. The van der Waals surface area contributed by atoms with Gasteiger partial charge in [-0.3, -0.25) is 14.7 Å². The Morgan fingerprint density at radius 1 is 1.29 bits per heavy atom. The van der Waals surface area contributed by atoms with E-state index in [-0.39, 0.29) is 17.0 Å². The van der Waals surface area contributed by atoms with E-state index in [0.29, 0.717) is 42.4 Å². The molecule has 184 valence electrons. The maximum atomic E-state index is 13.5. The van der Waals surface area contributed by atoms with Crippen molar-refractivity contribution >= 4 is 22.9 Å². The van der Waals surface area contributed by atoms with E-state index in [2.05, 4.69) is 69.2 Å². The molecule has 0 radical (unpaired) electrons. The smallest absolute Gasteiger partial charge is 0.325 e. The first-order valence-corrected chi connectivity index (χ1v) is 12.2. The zero-order chi connectivity index (χ0) is 24.5. The van der Waals surface area contributed by atoms with Crippen molar-refractivity contribution in [3.8, 4) is 6.07 Å². The largest absolute Gasteiger partial charge is 0.356 e. The summed E-state index contributed by atoms with van der Waals surface area (Å²) in [7, 11) is 0. The van der Waals surface area contributed by atoms with E-state index in [0.717, 1.165) is 25.3 Å². The maximum Gasteiger partial charge on any atom is 0.325 e. The minimum atomic E-state index is -0.901. The van der Waals surface area contributed by atoms with E-state index in [9.17, 15) is 14.9 Å². The summed E-state index contributed by atoms with van der Waals surface area (Å²) in [4.78, 5) is 41.3. The normalized spacial score (nSPS) is 26.8. The lowest BCUT2D eigenvalue weighted by Crippen LogP contribution is -2.55. The number of aromatic amines is 2. The third-order valence-electron chi connectivity index (χ3n) is 7.14. The number of carbonyl (C=O) groups is 1. The van der Waals surface area contributed by atoms with Gasteiger partial charge in [0.1, 0.15) is 23.4 Å². The van der Waals surface area contributed by atoms with Gasteiger partial charge < -0.3 is 15.6 Å². The minimum Gasteiger partial charge on any atom is -0.356 e. The fraction of sp³-hybridized carbons (Fsp3) is 0.708. The molecular formula is C24H36N8O2. The van der Waals surface area contributed by atoms with Crippen LogP contribution in [0, 0.1) is 22.7 Å². The zero-order valence-corrected chi connectivity index (χ0v) is 20.6. The van der Waals surface area contributed by atoms with Crippen LogP contribution in [0.25, 0.3) is 11.2 Å². The average Bonchev–Trinajstić information content (AvgIpc) is 3.37.